The van der Waals surface area contributed by atoms with Crippen molar-refractivity contribution in [3.63, 3.8) is 0 Å². The van der Waals surface area contributed by atoms with Gasteiger partial charge < -0.3 is 10.3 Å². The summed E-state index contributed by atoms with van der Waals surface area (Å²) in [5.41, 5.74) is 5.85. The van der Waals surface area contributed by atoms with Crippen molar-refractivity contribution in [2.45, 2.75) is 32.2 Å². The number of hydrogen-bond donors (Lipinski definition) is 3. The van der Waals surface area contributed by atoms with Crippen molar-refractivity contribution in [3.05, 3.63) is 47.0 Å². The van der Waals surface area contributed by atoms with Crippen molar-refractivity contribution in [3.8, 4) is 0 Å². The van der Waals surface area contributed by atoms with Gasteiger partial charge in [0.25, 0.3) is 5.91 Å². The average molecular weight is 295 g/mol. The lowest BCUT2D eigenvalue weighted by molar-refractivity contribution is 0.0933. The lowest BCUT2D eigenvalue weighted by atomic mass is 9.92. The third-order valence-corrected chi connectivity index (χ3v) is 4.34. The lowest BCUT2D eigenvalue weighted by Crippen LogP contribution is -2.38. The second-order valence-corrected chi connectivity index (χ2v) is 5.82. The molecule has 1 amide bonds. The first-order chi connectivity index (χ1) is 10.7. The first-order valence-corrected chi connectivity index (χ1v) is 7.47. The predicted octanol–water partition coefficient (Wildman–Crippen LogP) is 1.88. The summed E-state index contributed by atoms with van der Waals surface area (Å²) in [6.07, 6.45) is 6.12. The van der Waals surface area contributed by atoms with E-state index in [1.807, 2.05) is 25.3 Å². The Hall–Kier alpha value is -2.63. The zero-order chi connectivity index (χ0) is 15.1. The molecule has 22 heavy (non-hydrogen) atoms. The van der Waals surface area contributed by atoms with Gasteiger partial charge in [-0.25, -0.2) is 0 Å². The van der Waals surface area contributed by atoms with Crippen molar-refractivity contribution >= 4 is 16.9 Å². The van der Waals surface area contributed by atoms with Crippen LogP contribution in [0.5, 0.6) is 0 Å². The molecule has 6 heteroatoms. The van der Waals surface area contributed by atoms with Crippen LogP contribution < -0.4 is 5.32 Å². The van der Waals surface area contributed by atoms with Crippen LogP contribution in [0.25, 0.3) is 11.0 Å². The minimum Gasteiger partial charge on any atom is -0.360 e. The number of hydrogen-bond acceptors (Lipinski definition) is 3. The third kappa shape index (κ3) is 2.16. The summed E-state index contributed by atoms with van der Waals surface area (Å²) in [6, 6.07) is 3.85. The van der Waals surface area contributed by atoms with Gasteiger partial charge in [0.1, 0.15) is 0 Å². The van der Waals surface area contributed by atoms with Crippen LogP contribution in [0.4, 0.5) is 0 Å². The van der Waals surface area contributed by atoms with E-state index in [4.69, 9.17) is 0 Å². The van der Waals surface area contributed by atoms with Gasteiger partial charge in [0, 0.05) is 30.6 Å². The molecule has 1 unspecified atom stereocenters. The molecule has 6 nitrogen and oxygen atoms in total. The Kier molecular flexibility index (Phi) is 2.96. The highest BCUT2D eigenvalue weighted by Crippen LogP contribution is 2.22. The highest BCUT2D eigenvalue weighted by atomic mass is 16.1. The van der Waals surface area contributed by atoms with Crippen molar-refractivity contribution < 1.29 is 4.79 Å². The minimum absolute atomic E-state index is 0.0790. The van der Waals surface area contributed by atoms with Crippen LogP contribution in [0.3, 0.4) is 0 Å². The molecule has 0 saturated carbocycles. The predicted molar refractivity (Wildman–Crippen MR) is 82.7 cm³/mol. The van der Waals surface area contributed by atoms with Crippen LogP contribution in [-0.4, -0.2) is 32.1 Å². The Morgan fingerprint density at radius 1 is 1.45 bits per heavy atom. The van der Waals surface area contributed by atoms with Gasteiger partial charge in [-0.1, -0.05) is 0 Å². The standard InChI is InChI=1S/C16H17N5O/c1-9-12-3-2-11(7-14(12)21-20-9)19-16(22)10-6-15-13(18-8-10)4-5-17-15/h4-6,8,11,17H,2-3,7H2,1H3,(H,19,22)(H,20,21). The fourth-order valence-corrected chi connectivity index (χ4v) is 3.11. The highest BCUT2D eigenvalue weighted by molar-refractivity contribution is 5.96. The molecule has 3 aromatic heterocycles. The zero-order valence-electron chi connectivity index (χ0n) is 12.3. The van der Waals surface area contributed by atoms with Gasteiger partial charge in [0.15, 0.2) is 0 Å². The van der Waals surface area contributed by atoms with Gasteiger partial charge in [-0.05, 0) is 37.5 Å². The molecule has 4 rings (SSSR count). The molecule has 0 fully saturated rings. The largest absolute Gasteiger partial charge is 0.360 e. The van der Waals surface area contributed by atoms with E-state index in [-0.39, 0.29) is 11.9 Å². The second-order valence-electron chi connectivity index (χ2n) is 5.82. The van der Waals surface area contributed by atoms with Crippen molar-refractivity contribution in [1.29, 1.82) is 0 Å². The Morgan fingerprint density at radius 3 is 3.27 bits per heavy atom. The summed E-state index contributed by atoms with van der Waals surface area (Å²) >= 11 is 0. The number of fused-ring (bicyclic) bond motifs is 2. The van der Waals surface area contributed by atoms with E-state index in [1.54, 1.807) is 6.20 Å². The first kappa shape index (κ1) is 13.1. The summed E-state index contributed by atoms with van der Waals surface area (Å²) in [4.78, 5) is 19.8. The van der Waals surface area contributed by atoms with Gasteiger partial charge in [-0.2, -0.15) is 5.10 Å². The lowest BCUT2D eigenvalue weighted by Gasteiger charge is -2.22. The number of aromatic amines is 2. The molecular formula is C16H17N5O. The molecule has 0 saturated heterocycles. The number of aromatic nitrogens is 4. The smallest absolute Gasteiger partial charge is 0.253 e. The van der Waals surface area contributed by atoms with Gasteiger partial charge in [-0.15, -0.1) is 0 Å². The summed E-state index contributed by atoms with van der Waals surface area (Å²) < 4.78 is 0. The molecule has 3 aromatic rings. The number of carbonyl (C=O) groups is 1. The molecule has 0 aromatic carbocycles. The minimum atomic E-state index is -0.0790. The van der Waals surface area contributed by atoms with E-state index in [1.165, 1.54) is 5.56 Å². The maximum absolute atomic E-state index is 12.4. The zero-order valence-corrected chi connectivity index (χ0v) is 12.3. The van der Waals surface area contributed by atoms with E-state index in [9.17, 15) is 4.79 Å². The van der Waals surface area contributed by atoms with Crippen LogP contribution in [-0.2, 0) is 12.8 Å². The molecule has 112 valence electrons. The average Bonchev–Trinajstić information content (AvgIpc) is 3.13. The number of amides is 1. The van der Waals surface area contributed by atoms with E-state index < -0.39 is 0 Å². The molecule has 3 heterocycles. The summed E-state index contributed by atoms with van der Waals surface area (Å²) in [6.45, 7) is 2.04. The van der Waals surface area contributed by atoms with Crippen LogP contribution in [0.1, 0.15) is 33.7 Å². The van der Waals surface area contributed by atoms with Crippen molar-refractivity contribution in [1.82, 2.24) is 25.5 Å². The van der Waals surface area contributed by atoms with Crippen LogP contribution in [0, 0.1) is 6.92 Å². The molecule has 0 aliphatic heterocycles. The van der Waals surface area contributed by atoms with Crippen molar-refractivity contribution in [2.75, 3.05) is 0 Å². The second kappa shape index (κ2) is 4.98. The van der Waals surface area contributed by atoms with Gasteiger partial charge in [0.2, 0.25) is 0 Å². The van der Waals surface area contributed by atoms with E-state index >= 15 is 0 Å². The fraction of sp³-hybridized carbons (Fsp3) is 0.312. The van der Waals surface area contributed by atoms with Gasteiger partial charge in [-0.3, -0.25) is 14.9 Å². The summed E-state index contributed by atoms with van der Waals surface area (Å²) in [7, 11) is 0. The maximum atomic E-state index is 12.4. The highest BCUT2D eigenvalue weighted by Gasteiger charge is 2.24. The Morgan fingerprint density at radius 2 is 2.36 bits per heavy atom. The van der Waals surface area contributed by atoms with E-state index in [0.717, 1.165) is 41.7 Å². The Balaban J connectivity index is 1.50. The van der Waals surface area contributed by atoms with Gasteiger partial charge in [0.05, 0.1) is 22.3 Å². The van der Waals surface area contributed by atoms with Crippen molar-refractivity contribution in [2.24, 2.45) is 0 Å². The number of rotatable bonds is 2. The van der Waals surface area contributed by atoms with Crippen LogP contribution in [0.15, 0.2) is 24.5 Å². The molecule has 1 aliphatic carbocycles. The fourth-order valence-electron chi connectivity index (χ4n) is 3.11. The quantitative estimate of drug-likeness (QED) is 0.674. The van der Waals surface area contributed by atoms with Gasteiger partial charge >= 0.3 is 0 Å². The molecule has 0 bridgehead atoms. The first-order valence-electron chi connectivity index (χ1n) is 7.47. The molecule has 0 spiro atoms. The topological polar surface area (TPSA) is 86.5 Å². The number of carbonyl (C=O) groups excluding carboxylic acids is 1. The summed E-state index contributed by atoms with van der Waals surface area (Å²) in [5, 5.41) is 10.4. The van der Waals surface area contributed by atoms with E-state index in [2.05, 4.69) is 25.5 Å². The monoisotopic (exact) mass is 295 g/mol. The van der Waals surface area contributed by atoms with E-state index in [0.29, 0.717) is 5.56 Å². The number of nitrogens with zero attached hydrogens (tertiary/aromatic N) is 2. The Labute approximate surface area is 127 Å². The number of nitrogens with one attached hydrogen (secondary N) is 3. The van der Waals surface area contributed by atoms with Crippen LogP contribution >= 0.6 is 0 Å². The summed E-state index contributed by atoms with van der Waals surface area (Å²) in [5.74, 6) is -0.0790. The third-order valence-electron chi connectivity index (χ3n) is 4.34. The normalized spacial score (nSPS) is 17.4. The molecule has 3 N–H and O–H groups in total. The molecule has 0 radical (unpaired) electrons. The molecular weight excluding hydrogens is 278 g/mol. The maximum Gasteiger partial charge on any atom is 0.253 e. The molecule has 1 aliphatic rings. The number of pyridine rings is 1. The molecule has 1 atom stereocenters. The number of aryl methyl sites for hydroxylation is 1. The number of H-pyrrole nitrogens is 2. The Bertz CT molecular complexity index is 847. The SMILES string of the molecule is Cc1[nH]nc2c1CCC(NC(=O)c1cnc3cc[nH]c3c1)C2. The van der Waals surface area contributed by atoms with Crippen LogP contribution in [0.2, 0.25) is 0 Å².